The van der Waals surface area contributed by atoms with Gasteiger partial charge in [-0.2, -0.15) is 4.98 Å². The number of carboxylic acid groups (broad SMARTS) is 1. The molecule has 7 heteroatoms. The third-order valence-corrected chi connectivity index (χ3v) is 4.11. The van der Waals surface area contributed by atoms with E-state index in [-0.39, 0.29) is 41.0 Å². The SMILES string of the molecule is Cc1ccc(C)c2oc(-c3nc(-c4ccc(C(=O)[O-])cc4)no3)cc12.[Na+]. The fourth-order valence-corrected chi connectivity index (χ4v) is 2.69. The zero-order valence-corrected chi connectivity index (χ0v) is 16.6. The van der Waals surface area contributed by atoms with Gasteiger partial charge in [0.05, 0.1) is 5.97 Å². The van der Waals surface area contributed by atoms with E-state index in [0.717, 1.165) is 22.1 Å². The number of aromatic nitrogens is 2. The molecule has 0 aliphatic rings. The zero-order chi connectivity index (χ0) is 17.6. The van der Waals surface area contributed by atoms with Crippen LogP contribution in [0.5, 0.6) is 0 Å². The van der Waals surface area contributed by atoms with E-state index in [0.29, 0.717) is 17.1 Å². The number of carbonyl (C=O) groups excluding carboxylic acids is 1. The summed E-state index contributed by atoms with van der Waals surface area (Å²) in [6.07, 6.45) is 0. The summed E-state index contributed by atoms with van der Waals surface area (Å²) in [6, 6.07) is 12.0. The molecule has 0 spiro atoms. The Morgan fingerprint density at radius 1 is 1.04 bits per heavy atom. The molecule has 4 rings (SSSR count). The summed E-state index contributed by atoms with van der Waals surface area (Å²) in [7, 11) is 0. The Labute approximate surface area is 171 Å². The number of aromatic carboxylic acids is 1. The summed E-state index contributed by atoms with van der Waals surface area (Å²) in [5.74, 6) is -0.103. The molecule has 0 fully saturated rings. The van der Waals surface area contributed by atoms with Gasteiger partial charge in [-0.05, 0) is 36.6 Å². The molecule has 2 heterocycles. The summed E-state index contributed by atoms with van der Waals surface area (Å²) < 4.78 is 11.2. The van der Waals surface area contributed by atoms with E-state index in [1.165, 1.54) is 12.1 Å². The molecule has 4 aromatic rings. The van der Waals surface area contributed by atoms with Crippen LogP contribution < -0.4 is 34.7 Å². The van der Waals surface area contributed by atoms with E-state index >= 15 is 0 Å². The Balaban J connectivity index is 0.00000196. The van der Waals surface area contributed by atoms with Crippen LogP contribution in [0.2, 0.25) is 0 Å². The van der Waals surface area contributed by atoms with Crippen molar-refractivity contribution in [3.05, 3.63) is 59.2 Å². The fraction of sp³-hybridized carbons (Fsp3) is 0.105. The minimum Gasteiger partial charge on any atom is -0.545 e. The maximum Gasteiger partial charge on any atom is 1.00 e. The number of rotatable bonds is 3. The van der Waals surface area contributed by atoms with Crippen molar-refractivity contribution >= 4 is 16.9 Å². The minimum absolute atomic E-state index is 0. The van der Waals surface area contributed by atoms with Gasteiger partial charge in [-0.3, -0.25) is 0 Å². The summed E-state index contributed by atoms with van der Waals surface area (Å²) in [4.78, 5) is 15.2. The zero-order valence-electron chi connectivity index (χ0n) is 14.6. The molecular formula is C19H13N2NaO4. The van der Waals surface area contributed by atoms with Crippen molar-refractivity contribution in [1.29, 1.82) is 0 Å². The van der Waals surface area contributed by atoms with Gasteiger partial charge in [-0.25, -0.2) is 0 Å². The van der Waals surface area contributed by atoms with Crippen LogP contribution in [0.1, 0.15) is 21.5 Å². The number of benzene rings is 2. The number of nitrogens with zero attached hydrogens (tertiary/aromatic N) is 2. The molecular weight excluding hydrogens is 343 g/mol. The fourth-order valence-electron chi connectivity index (χ4n) is 2.69. The van der Waals surface area contributed by atoms with Crippen LogP contribution in [0.15, 0.2) is 51.4 Å². The maximum atomic E-state index is 10.8. The normalized spacial score (nSPS) is 10.7. The molecule has 0 unspecified atom stereocenters. The molecule has 0 aliphatic carbocycles. The topological polar surface area (TPSA) is 92.2 Å². The second-order valence-electron chi connectivity index (χ2n) is 5.84. The van der Waals surface area contributed by atoms with Crippen LogP contribution in [0.4, 0.5) is 0 Å². The van der Waals surface area contributed by atoms with Gasteiger partial charge in [0, 0.05) is 10.9 Å². The number of hydrogen-bond acceptors (Lipinski definition) is 6. The van der Waals surface area contributed by atoms with Crippen molar-refractivity contribution in [3.63, 3.8) is 0 Å². The van der Waals surface area contributed by atoms with Gasteiger partial charge >= 0.3 is 29.6 Å². The van der Waals surface area contributed by atoms with E-state index in [4.69, 9.17) is 8.94 Å². The number of carboxylic acids is 1. The molecule has 26 heavy (non-hydrogen) atoms. The number of furan rings is 1. The molecule has 0 saturated carbocycles. The Kier molecular flexibility index (Phi) is 5.00. The van der Waals surface area contributed by atoms with Gasteiger partial charge in [-0.15, -0.1) is 0 Å². The molecule has 0 saturated heterocycles. The summed E-state index contributed by atoms with van der Waals surface area (Å²) >= 11 is 0. The van der Waals surface area contributed by atoms with E-state index < -0.39 is 5.97 Å². The Hall–Kier alpha value is -2.41. The van der Waals surface area contributed by atoms with Crippen LogP contribution in [0.25, 0.3) is 34.0 Å². The quantitative estimate of drug-likeness (QED) is 0.485. The predicted molar refractivity (Wildman–Crippen MR) is 88.7 cm³/mol. The van der Waals surface area contributed by atoms with Crippen molar-refractivity contribution in [2.24, 2.45) is 0 Å². The van der Waals surface area contributed by atoms with E-state index in [1.807, 2.05) is 32.0 Å². The molecule has 6 nitrogen and oxygen atoms in total. The third kappa shape index (κ3) is 3.19. The first kappa shape index (κ1) is 18.4. The van der Waals surface area contributed by atoms with Crippen LogP contribution in [0.3, 0.4) is 0 Å². The minimum atomic E-state index is -1.23. The van der Waals surface area contributed by atoms with Gasteiger partial charge in [0.15, 0.2) is 5.76 Å². The number of aryl methyl sites for hydroxylation is 2. The number of hydrogen-bond donors (Lipinski definition) is 0. The van der Waals surface area contributed by atoms with Crippen LogP contribution in [0, 0.1) is 13.8 Å². The number of carbonyl (C=O) groups is 1. The summed E-state index contributed by atoms with van der Waals surface area (Å²) in [5.41, 5.74) is 3.67. The van der Waals surface area contributed by atoms with Gasteiger partial charge < -0.3 is 18.8 Å². The predicted octanol–water partition coefficient (Wildman–Crippen LogP) is 0.134. The van der Waals surface area contributed by atoms with E-state index in [1.54, 1.807) is 12.1 Å². The van der Waals surface area contributed by atoms with Gasteiger partial charge in [0.25, 0.3) is 5.89 Å². The standard InChI is InChI=1S/C19H14N2O4.Na/c1-10-3-4-11(2)16-14(10)9-15(24-16)18-20-17(21-25-18)12-5-7-13(8-6-12)19(22)23;/h3-9H,1-2H3,(H,22,23);/q;+1/p-1. The molecule has 0 amide bonds. The largest absolute Gasteiger partial charge is 1.00 e. The van der Waals surface area contributed by atoms with Crippen molar-refractivity contribution in [2.75, 3.05) is 0 Å². The van der Waals surface area contributed by atoms with Crippen LogP contribution in [-0.4, -0.2) is 16.1 Å². The molecule has 124 valence electrons. The molecule has 2 aromatic heterocycles. The molecule has 0 bridgehead atoms. The van der Waals surface area contributed by atoms with Crippen molar-refractivity contribution in [3.8, 4) is 23.0 Å². The first-order chi connectivity index (χ1) is 12.0. The summed E-state index contributed by atoms with van der Waals surface area (Å²) in [6.45, 7) is 3.99. The Morgan fingerprint density at radius 2 is 1.73 bits per heavy atom. The van der Waals surface area contributed by atoms with Crippen molar-refractivity contribution < 1.29 is 48.4 Å². The van der Waals surface area contributed by atoms with Gasteiger partial charge in [-0.1, -0.05) is 41.6 Å². The maximum absolute atomic E-state index is 10.8. The first-order valence-corrected chi connectivity index (χ1v) is 7.68. The van der Waals surface area contributed by atoms with Crippen molar-refractivity contribution in [2.45, 2.75) is 13.8 Å². The summed E-state index contributed by atoms with van der Waals surface area (Å²) in [5, 5.41) is 15.8. The molecule has 0 radical (unpaired) electrons. The number of fused-ring (bicyclic) bond motifs is 1. The second-order valence-corrected chi connectivity index (χ2v) is 5.84. The smallest absolute Gasteiger partial charge is 0.545 e. The molecule has 0 aliphatic heterocycles. The Morgan fingerprint density at radius 3 is 2.38 bits per heavy atom. The monoisotopic (exact) mass is 356 g/mol. The van der Waals surface area contributed by atoms with E-state index in [2.05, 4.69) is 10.1 Å². The molecule has 2 aromatic carbocycles. The first-order valence-electron chi connectivity index (χ1n) is 7.68. The average molecular weight is 356 g/mol. The Bertz CT molecular complexity index is 1060. The second kappa shape index (κ2) is 7.07. The average Bonchev–Trinajstić information content (AvgIpc) is 3.26. The van der Waals surface area contributed by atoms with Crippen LogP contribution >= 0.6 is 0 Å². The van der Waals surface area contributed by atoms with Crippen molar-refractivity contribution in [1.82, 2.24) is 10.1 Å². The third-order valence-electron chi connectivity index (χ3n) is 4.11. The van der Waals surface area contributed by atoms with Gasteiger partial charge in [0.1, 0.15) is 5.58 Å². The van der Waals surface area contributed by atoms with Crippen LogP contribution in [-0.2, 0) is 0 Å². The molecule has 0 atom stereocenters. The van der Waals surface area contributed by atoms with Gasteiger partial charge in [0.2, 0.25) is 5.82 Å². The van der Waals surface area contributed by atoms with E-state index in [9.17, 15) is 9.90 Å². The molecule has 0 N–H and O–H groups in total.